The van der Waals surface area contributed by atoms with Crippen LogP contribution < -0.4 is 9.30 Å². The number of hydrogen-bond acceptors (Lipinski definition) is 5. The lowest BCUT2D eigenvalue weighted by Gasteiger charge is -2.25. The summed E-state index contributed by atoms with van der Waals surface area (Å²) in [6, 6.07) is 9.87. The number of hydrogen-bond donors (Lipinski definition) is 1. The van der Waals surface area contributed by atoms with E-state index in [4.69, 9.17) is 4.74 Å². The van der Waals surface area contributed by atoms with Gasteiger partial charge >= 0.3 is 0 Å². The second-order valence-corrected chi connectivity index (χ2v) is 8.08. The predicted octanol–water partition coefficient (Wildman–Crippen LogP) is 2.41. The molecule has 2 unspecified atom stereocenters. The zero-order chi connectivity index (χ0) is 21.1. The Hall–Kier alpha value is -3.26. The third kappa shape index (κ3) is 3.78. The molecule has 7 nitrogen and oxygen atoms in total. The molecule has 154 valence electrons. The van der Waals surface area contributed by atoms with Crippen molar-refractivity contribution >= 4 is 28.8 Å². The number of benzene rings is 1. The van der Waals surface area contributed by atoms with Gasteiger partial charge in [0.2, 0.25) is 12.1 Å². The van der Waals surface area contributed by atoms with Gasteiger partial charge < -0.3 is 9.64 Å². The van der Waals surface area contributed by atoms with Gasteiger partial charge in [-0.3, -0.25) is 19.4 Å². The molecule has 3 aromatic rings. The molecular formula is C22H22N3O4S+. The molecule has 0 spiro atoms. The van der Waals surface area contributed by atoms with E-state index in [2.05, 4.69) is 4.98 Å². The summed E-state index contributed by atoms with van der Waals surface area (Å²) in [7, 11) is 1.52. The fraction of sp³-hybridized carbons (Fsp3) is 0.273. The Morgan fingerprint density at radius 1 is 1.27 bits per heavy atom. The van der Waals surface area contributed by atoms with Crippen LogP contribution in [0.25, 0.3) is 0 Å². The molecule has 0 bridgehead atoms. The van der Waals surface area contributed by atoms with Crippen LogP contribution in [0.1, 0.15) is 27.7 Å². The van der Waals surface area contributed by atoms with Gasteiger partial charge in [-0.05, 0) is 23.6 Å². The highest BCUT2D eigenvalue weighted by molar-refractivity contribution is 7.10. The lowest BCUT2D eigenvalue weighted by molar-refractivity contribution is -0.695. The average molecular weight is 425 g/mol. The van der Waals surface area contributed by atoms with Crippen molar-refractivity contribution in [2.75, 3.05) is 13.7 Å². The summed E-state index contributed by atoms with van der Waals surface area (Å²) in [6.45, 7) is 1.10. The van der Waals surface area contributed by atoms with Crippen LogP contribution in [0.15, 0.2) is 60.5 Å². The lowest BCUT2D eigenvalue weighted by atomic mass is 9.89. The number of aromatic nitrogens is 2. The SMILES string of the molecule is COc1cccc(C(=O)C2C(=O)C(=O)N(CCC[n+]3cc[nH]c3)C2c2cccs2)c1. The Balaban J connectivity index is 1.62. The van der Waals surface area contributed by atoms with Crippen LogP contribution in [0, 0.1) is 5.92 Å². The number of carbonyl (C=O) groups excluding carboxylic acids is 3. The Labute approximate surface area is 177 Å². The first kappa shape index (κ1) is 20.0. The number of ketones is 2. The summed E-state index contributed by atoms with van der Waals surface area (Å²) < 4.78 is 7.18. The van der Waals surface area contributed by atoms with Crippen LogP contribution in [-0.4, -0.2) is 41.0 Å². The van der Waals surface area contributed by atoms with E-state index in [0.29, 0.717) is 30.8 Å². The van der Waals surface area contributed by atoms with Crippen LogP contribution in [0.4, 0.5) is 0 Å². The van der Waals surface area contributed by atoms with E-state index in [1.54, 1.807) is 29.2 Å². The van der Waals surface area contributed by atoms with Crippen molar-refractivity contribution in [3.63, 3.8) is 0 Å². The number of carbonyl (C=O) groups is 3. The van der Waals surface area contributed by atoms with E-state index in [1.165, 1.54) is 18.4 Å². The number of thiophene rings is 1. The number of nitrogens with zero attached hydrogens (tertiary/aromatic N) is 2. The highest BCUT2D eigenvalue weighted by Crippen LogP contribution is 2.40. The molecule has 1 aromatic carbocycles. The van der Waals surface area contributed by atoms with Crippen molar-refractivity contribution < 1.29 is 23.7 Å². The number of Topliss-reactive ketones (excluding diaryl/α,β-unsaturated/α-hetero) is 2. The fourth-order valence-corrected chi connectivity index (χ4v) is 4.72. The summed E-state index contributed by atoms with van der Waals surface area (Å²) in [5, 5.41) is 1.89. The van der Waals surface area contributed by atoms with E-state index in [1.807, 2.05) is 40.8 Å². The molecule has 4 rings (SSSR count). The van der Waals surface area contributed by atoms with Gasteiger partial charge in [-0.25, -0.2) is 4.57 Å². The first-order valence-electron chi connectivity index (χ1n) is 9.68. The highest BCUT2D eigenvalue weighted by Gasteiger charge is 2.51. The minimum Gasteiger partial charge on any atom is -0.497 e. The summed E-state index contributed by atoms with van der Waals surface area (Å²) in [5.41, 5.74) is 0.367. The maximum Gasteiger partial charge on any atom is 0.291 e. The number of aromatic amines is 1. The molecule has 8 heteroatoms. The minimum absolute atomic E-state index is 0.354. The smallest absolute Gasteiger partial charge is 0.291 e. The van der Waals surface area contributed by atoms with Crippen molar-refractivity contribution in [2.24, 2.45) is 5.92 Å². The van der Waals surface area contributed by atoms with Gasteiger partial charge in [-0.15, -0.1) is 11.3 Å². The van der Waals surface area contributed by atoms with Gasteiger partial charge in [-0.2, -0.15) is 0 Å². The summed E-state index contributed by atoms with van der Waals surface area (Å²) in [6.07, 6.45) is 6.23. The summed E-state index contributed by atoms with van der Waals surface area (Å²) in [5.74, 6) is -2.11. The summed E-state index contributed by atoms with van der Waals surface area (Å²) >= 11 is 1.45. The molecule has 1 aliphatic rings. The number of nitrogens with one attached hydrogen (secondary N) is 1. The van der Waals surface area contributed by atoms with Gasteiger partial charge in [0.1, 0.15) is 24.1 Å². The maximum absolute atomic E-state index is 13.3. The number of H-pyrrole nitrogens is 1. The van der Waals surface area contributed by atoms with Crippen LogP contribution in [-0.2, 0) is 16.1 Å². The van der Waals surface area contributed by atoms with Crippen molar-refractivity contribution in [1.29, 1.82) is 0 Å². The zero-order valence-electron chi connectivity index (χ0n) is 16.5. The largest absolute Gasteiger partial charge is 0.497 e. The third-order valence-corrected chi connectivity index (χ3v) is 6.24. The van der Waals surface area contributed by atoms with Crippen LogP contribution in [0.2, 0.25) is 0 Å². The number of ether oxygens (including phenoxy) is 1. The van der Waals surface area contributed by atoms with Gasteiger partial charge in [-0.1, -0.05) is 18.2 Å². The second-order valence-electron chi connectivity index (χ2n) is 7.10. The first-order valence-corrected chi connectivity index (χ1v) is 10.6. The maximum atomic E-state index is 13.3. The van der Waals surface area contributed by atoms with Crippen LogP contribution in [0.3, 0.4) is 0 Å². The van der Waals surface area contributed by atoms with E-state index in [-0.39, 0.29) is 5.78 Å². The van der Waals surface area contributed by atoms with E-state index in [0.717, 1.165) is 4.88 Å². The second kappa shape index (κ2) is 8.62. The number of imidazole rings is 1. The Bertz CT molecular complexity index is 1050. The van der Waals surface area contributed by atoms with Crippen molar-refractivity contribution in [1.82, 2.24) is 9.88 Å². The van der Waals surface area contributed by atoms with Gasteiger partial charge in [0.05, 0.1) is 19.7 Å². The van der Waals surface area contributed by atoms with E-state index in [9.17, 15) is 14.4 Å². The van der Waals surface area contributed by atoms with E-state index >= 15 is 0 Å². The van der Waals surface area contributed by atoms with E-state index < -0.39 is 23.7 Å². The van der Waals surface area contributed by atoms with Gasteiger partial charge in [0.15, 0.2) is 5.78 Å². The first-order chi connectivity index (χ1) is 14.6. The zero-order valence-corrected chi connectivity index (χ0v) is 17.3. The number of likely N-dealkylation sites (tertiary alicyclic amines) is 1. The number of aryl methyl sites for hydroxylation is 1. The average Bonchev–Trinajstić information content (AvgIpc) is 3.52. The molecule has 1 amide bonds. The molecule has 30 heavy (non-hydrogen) atoms. The Kier molecular flexibility index (Phi) is 5.76. The number of methoxy groups -OCH3 is 1. The topological polar surface area (TPSA) is 83.3 Å². The number of rotatable bonds is 8. The molecule has 1 fully saturated rings. The van der Waals surface area contributed by atoms with Crippen molar-refractivity contribution in [2.45, 2.75) is 19.0 Å². The standard InChI is InChI=1S/C22H21N3O4S/c1-29-16-6-2-5-15(13-16)20(26)18-19(17-7-3-12-30-17)25(22(28)21(18)27)10-4-9-24-11-8-23-14-24/h2-3,5-8,11-14,18-19H,4,9-10H2,1H3/p+1. The van der Waals surface area contributed by atoms with Crippen molar-refractivity contribution in [3.8, 4) is 5.75 Å². The minimum atomic E-state index is -1.05. The normalized spacial score (nSPS) is 18.8. The molecular weight excluding hydrogens is 402 g/mol. The highest BCUT2D eigenvalue weighted by atomic mass is 32.1. The molecule has 0 aliphatic carbocycles. The summed E-state index contributed by atoms with van der Waals surface area (Å²) in [4.78, 5) is 44.5. The van der Waals surface area contributed by atoms with Gasteiger partial charge in [0.25, 0.3) is 5.91 Å². The van der Waals surface area contributed by atoms with Crippen LogP contribution in [0.5, 0.6) is 5.75 Å². The molecule has 2 atom stereocenters. The van der Waals surface area contributed by atoms with Gasteiger partial charge in [0, 0.05) is 23.4 Å². The third-order valence-electron chi connectivity index (χ3n) is 5.29. The predicted molar refractivity (Wildman–Crippen MR) is 110 cm³/mol. The number of amides is 1. The van der Waals surface area contributed by atoms with Crippen LogP contribution >= 0.6 is 11.3 Å². The van der Waals surface area contributed by atoms with Crippen molar-refractivity contribution in [3.05, 3.63) is 70.9 Å². The monoisotopic (exact) mass is 424 g/mol. The Morgan fingerprint density at radius 3 is 2.83 bits per heavy atom. The Morgan fingerprint density at radius 2 is 2.13 bits per heavy atom. The molecule has 3 heterocycles. The quantitative estimate of drug-likeness (QED) is 0.261. The molecule has 0 radical (unpaired) electrons. The molecule has 1 N–H and O–H groups in total. The molecule has 1 aliphatic heterocycles. The molecule has 0 saturated carbocycles. The lowest BCUT2D eigenvalue weighted by Crippen LogP contribution is -2.36. The fourth-order valence-electron chi connectivity index (χ4n) is 3.84. The molecule has 2 aromatic heterocycles. The molecule has 1 saturated heterocycles.